The van der Waals surface area contributed by atoms with E-state index >= 15 is 0 Å². The van der Waals surface area contributed by atoms with Gasteiger partial charge in [-0.2, -0.15) is 0 Å². The second-order valence-electron chi connectivity index (χ2n) is 4.50. The van der Waals surface area contributed by atoms with Crippen LogP contribution < -0.4 is 11.2 Å². The summed E-state index contributed by atoms with van der Waals surface area (Å²) in [5.74, 6) is 0. The molecule has 1 aromatic heterocycles. The summed E-state index contributed by atoms with van der Waals surface area (Å²) in [5, 5.41) is 0. The Kier molecular flexibility index (Phi) is 4.18. The van der Waals surface area contributed by atoms with Gasteiger partial charge in [-0.25, -0.2) is 4.79 Å². The first-order valence-corrected chi connectivity index (χ1v) is 6.04. The van der Waals surface area contributed by atoms with Gasteiger partial charge in [0.15, 0.2) is 0 Å². The fourth-order valence-electron chi connectivity index (χ4n) is 2.24. The number of hydrogen-bond donors (Lipinski definition) is 0. The van der Waals surface area contributed by atoms with E-state index in [1.165, 1.54) is 23.9 Å². The van der Waals surface area contributed by atoms with Gasteiger partial charge in [0.2, 0.25) is 0 Å². The summed E-state index contributed by atoms with van der Waals surface area (Å²) in [7, 11) is 4.63. The minimum atomic E-state index is -0.440. The Morgan fingerprint density at radius 2 is 2.16 bits per heavy atom. The molecule has 1 fully saturated rings. The number of ether oxygens (including phenoxy) is 3. The van der Waals surface area contributed by atoms with Crippen molar-refractivity contribution in [3.8, 4) is 0 Å². The number of nitrogens with zero attached hydrogens (tertiary/aromatic N) is 2. The molecule has 1 aliphatic rings. The molecule has 1 aliphatic heterocycles. The number of aromatic nitrogens is 2. The molecule has 7 nitrogen and oxygen atoms in total. The van der Waals surface area contributed by atoms with Crippen LogP contribution in [0, 0.1) is 0 Å². The van der Waals surface area contributed by atoms with Crippen LogP contribution in [-0.2, 0) is 21.3 Å². The molecule has 0 saturated carbocycles. The third-order valence-electron chi connectivity index (χ3n) is 3.34. The molecule has 2 heterocycles. The lowest BCUT2D eigenvalue weighted by atomic mass is 10.2. The second kappa shape index (κ2) is 5.68. The van der Waals surface area contributed by atoms with Crippen molar-refractivity contribution in [1.82, 2.24) is 9.13 Å². The molecule has 0 bridgehead atoms. The lowest BCUT2D eigenvalue weighted by Crippen LogP contribution is -2.38. The van der Waals surface area contributed by atoms with E-state index in [-0.39, 0.29) is 17.8 Å². The minimum absolute atomic E-state index is 0.130. The predicted octanol–water partition coefficient (Wildman–Crippen LogP) is -0.504. The Morgan fingerprint density at radius 3 is 2.79 bits per heavy atom. The molecule has 106 valence electrons. The van der Waals surface area contributed by atoms with Gasteiger partial charge in [0, 0.05) is 40.0 Å². The van der Waals surface area contributed by atoms with Gasteiger partial charge in [-0.05, 0) is 0 Å². The molecule has 2 rings (SSSR count). The largest absolute Gasteiger partial charge is 0.382 e. The average molecular weight is 270 g/mol. The first-order valence-electron chi connectivity index (χ1n) is 6.04. The van der Waals surface area contributed by atoms with Gasteiger partial charge in [0.25, 0.3) is 5.56 Å². The maximum absolute atomic E-state index is 12.0. The fourth-order valence-corrected chi connectivity index (χ4v) is 2.24. The molecular weight excluding hydrogens is 252 g/mol. The van der Waals surface area contributed by atoms with E-state index in [0.717, 1.165) is 4.57 Å². The van der Waals surface area contributed by atoms with Gasteiger partial charge >= 0.3 is 5.69 Å². The summed E-state index contributed by atoms with van der Waals surface area (Å²) in [6.07, 6.45) is 1.21. The molecule has 0 unspecified atom stereocenters. The van der Waals surface area contributed by atoms with Crippen LogP contribution in [0.4, 0.5) is 0 Å². The maximum atomic E-state index is 12.0. The molecule has 19 heavy (non-hydrogen) atoms. The molecule has 3 atom stereocenters. The fraction of sp³-hybridized carbons (Fsp3) is 0.667. The Bertz CT molecular complexity index is 550. The van der Waals surface area contributed by atoms with Gasteiger partial charge < -0.3 is 14.2 Å². The summed E-state index contributed by atoms with van der Waals surface area (Å²) in [6.45, 7) is 0.398. The zero-order valence-corrected chi connectivity index (χ0v) is 11.2. The third kappa shape index (κ3) is 2.63. The van der Waals surface area contributed by atoms with E-state index in [2.05, 4.69) is 0 Å². The molecule has 0 aliphatic carbocycles. The number of rotatable bonds is 4. The van der Waals surface area contributed by atoms with Crippen LogP contribution in [-0.4, -0.2) is 42.2 Å². The van der Waals surface area contributed by atoms with E-state index < -0.39 is 11.9 Å². The highest BCUT2D eigenvalue weighted by Gasteiger charge is 2.36. The van der Waals surface area contributed by atoms with Gasteiger partial charge in [-0.15, -0.1) is 0 Å². The summed E-state index contributed by atoms with van der Waals surface area (Å²) in [4.78, 5) is 23.4. The Labute approximate surface area is 110 Å². The highest BCUT2D eigenvalue weighted by Crippen LogP contribution is 2.29. The van der Waals surface area contributed by atoms with Gasteiger partial charge in [0.1, 0.15) is 12.3 Å². The van der Waals surface area contributed by atoms with Crippen molar-refractivity contribution in [1.29, 1.82) is 0 Å². The summed E-state index contributed by atoms with van der Waals surface area (Å²) < 4.78 is 18.6. The Morgan fingerprint density at radius 1 is 1.42 bits per heavy atom. The lowest BCUT2D eigenvalue weighted by molar-refractivity contribution is -0.0620. The van der Waals surface area contributed by atoms with Crippen LogP contribution in [0.15, 0.2) is 21.9 Å². The molecule has 0 spiro atoms. The Hall–Kier alpha value is -1.44. The van der Waals surface area contributed by atoms with E-state index in [9.17, 15) is 9.59 Å². The van der Waals surface area contributed by atoms with E-state index in [0.29, 0.717) is 13.0 Å². The van der Waals surface area contributed by atoms with Crippen LogP contribution >= 0.6 is 0 Å². The third-order valence-corrected chi connectivity index (χ3v) is 3.34. The highest BCUT2D eigenvalue weighted by atomic mass is 16.6. The van der Waals surface area contributed by atoms with Crippen LogP contribution in [0.3, 0.4) is 0 Å². The average Bonchev–Trinajstić information content (AvgIpc) is 2.79. The van der Waals surface area contributed by atoms with Crippen molar-refractivity contribution in [3.05, 3.63) is 33.1 Å². The van der Waals surface area contributed by atoms with Crippen LogP contribution in [0.25, 0.3) is 0 Å². The van der Waals surface area contributed by atoms with Gasteiger partial charge in [-0.3, -0.25) is 13.9 Å². The van der Waals surface area contributed by atoms with Crippen LogP contribution in [0.2, 0.25) is 0 Å². The number of hydrogen-bond acceptors (Lipinski definition) is 5. The minimum Gasteiger partial charge on any atom is -0.382 e. The molecule has 1 aromatic rings. The first-order chi connectivity index (χ1) is 9.08. The zero-order chi connectivity index (χ0) is 14.0. The van der Waals surface area contributed by atoms with Crippen LogP contribution in [0.1, 0.15) is 12.6 Å². The maximum Gasteiger partial charge on any atom is 0.332 e. The lowest BCUT2D eigenvalue weighted by Gasteiger charge is -2.16. The topological polar surface area (TPSA) is 71.7 Å². The first kappa shape index (κ1) is 14.0. The van der Waals surface area contributed by atoms with E-state index in [1.54, 1.807) is 14.2 Å². The standard InChI is InChI=1S/C12H18N2O5/c1-13-10(15)4-5-14(12(13)16)11-6-8(18-3)9(19-11)7-17-2/h4-5,8-9,11H,6-7H2,1-3H3/t8-,9+,11+/m0/s1. The summed E-state index contributed by atoms with van der Waals surface area (Å²) in [5.41, 5.74) is -0.735. The van der Waals surface area contributed by atoms with E-state index in [4.69, 9.17) is 14.2 Å². The molecule has 0 amide bonds. The SMILES string of the molecule is COC[C@H]1O[C@@H](n2ccc(=O)n(C)c2=O)C[C@@H]1OC. The van der Waals surface area contributed by atoms with Crippen molar-refractivity contribution >= 4 is 0 Å². The summed E-state index contributed by atoms with van der Waals surface area (Å²) >= 11 is 0. The monoisotopic (exact) mass is 270 g/mol. The molecule has 0 aromatic carbocycles. The predicted molar refractivity (Wildman–Crippen MR) is 67.1 cm³/mol. The molecular formula is C12H18N2O5. The van der Waals surface area contributed by atoms with Crippen molar-refractivity contribution < 1.29 is 14.2 Å². The van der Waals surface area contributed by atoms with Crippen molar-refractivity contribution in [2.24, 2.45) is 7.05 Å². The highest BCUT2D eigenvalue weighted by molar-refractivity contribution is 4.90. The normalized spacial score (nSPS) is 26.8. The molecule has 0 radical (unpaired) electrons. The van der Waals surface area contributed by atoms with Crippen molar-refractivity contribution in [2.45, 2.75) is 24.9 Å². The molecule has 1 saturated heterocycles. The van der Waals surface area contributed by atoms with Gasteiger partial charge in [-0.1, -0.05) is 0 Å². The van der Waals surface area contributed by atoms with E-state index in [1.807, 2.05) is 0 Å². The quantitative estimate of drug-likeness (QED) is 0.737. The zero-order valence-electron chi connectivity index (χ0n) is 11.2. The van der Waals surface area contributed by atoms with Crippen molar-refractivity contribution in [2.75, 3.05) is 20.8 Å². The van der Waals surface area contributed by atoms with Gasteiger partial charge in [0.05, 0.1) is 12.7 Å². The smallest absolute Gasteiger partial charge is 0.332 e. The molecule has 7 heteroatoms. The Balaban J connectivity index is 2.27. The molecule has 0 N–H and O–H groups in total. The second-order valence-corrected chi connectivity index (χ2v) is 4.50. The number of methoxy groups -OCH3 is 2. The van der Waals surface area contributed by atoms with Crippen LogP contribution in [0.5, 0.6) is 0 Å². The summed E-state index contributed by atoms with van der Waals surface area (Å²) in [6, 6.07) is 1.34. The van der Waals surface area contributed by atoms with Crippen molar-refractivity contribution in [3.63, 3.8) is 0 Å².